The lowest BCUT2D eigenvalue weighted by atomic mass is 10.00. The molecule has 0 fully saturated rings. The summed E-state index contributed by atoms with van der Waals surface area (Å²) in [4.78, 5) is 10.2. The maximum atomic E-state index is 5.26. The van der Waals surface area contributed by atoms with Gasteiger partial charge < -0.3 is 4.57 Å². The van der Waals surface area contributed by atoms with Crippen LogP contribution in [0.3, 0.4) is 0 Å². The Morgan fingerprint density at radius 2 is 1.39 bits per heavy atom. The molecule has 0 atom stereocenters. The van der Waals surface area contributed by atoms with Crippen LogP contribution < -0.4 is 0 Å². The molecule has 9 rings (SSSR count). The first-order valence-corrected chi connectivity index (χ1v) is 15.9. The van der Waals surface area contributed by atoms with Crippen molar-refractivity contribution < 1.29 is 0 Å². The van der Waals surface area contributed by atoms with Crippen molar-refractivity contribution in [3.05, 3.63) is 145 Å². The van der Waals surface area contributed by atoms with Crippen LogP contribution in [0.2, 0.25) is 0 Å². The number of nitrogens with zero attached hydrogens (tertiary/aromatic N) is 3. The van der Waals surface area contributed by atoms with Crippen molar-refractivity contribution in [1.82, 2.24) is 14.5 Å². The number of aromatic nitrogens is 3. The van der Waals surface area contributed by atoms with Gasteiger partial charge in [0.2, 0.25) is 0 Å². The van der Waals surface area contributed by atoms with Crippen LogP contribution in [0.5, 0.6) is 0 Å². The maximum Gasteiger partial charge on any atom is 0.159 e. The predicted molar refractivity (Wildman–Crippen MR) is 185 cm³/mol. The van der Waals surface area contributed by atoms with E-state index in [1.807, 2.05) is 35.7 Å². The van der Waals surface area contributed by atoms with Gasteiger partial charge in [-0.05, 0) is 30.0 Å². The molecule has 0 saturated carbocycles. The minimum atomic E-state index is 0.733. The molecule has 0 bridgehead atoms. The SMILES string of the molecule is C1=Cc2c(n(-c3cnc(-c4ccccc4)nc3-c3ccccc3)c3c2ccc2sc4c(-c5ccccc5)cccc4c23)CC1. The van der Waals surface area contributed by atoms with Crippen LogP contribution in [0.25, 0.3) is 76.6 Å². The zero-order chi connectivity index (χ0) is 29.0. The molecule has 5 aromatic carbocycles. The number of allylic oxidation sites excluding steroid dienone is 1. The second-order valence-corrected chi connectivity index (χ2v) is 12.3. The molecule has 208 valence electrons. The molecule has 8 aromatic rings. The molecule has 3 nitrogen and oxygen atoms in total. The Kier molecular flexibility index (Phi) is 5.81. The molecule has 0 radical (unpaired) electrons. The van der Waals surface area contributed by atoms with E-state index in [-0.39, 0.29) is 0 Å². The third-order valence-corrected chi connectivity index (χ3v) is 9.94. The van der Waals surface area contributed by atoms with Crippen molar-refractivity contribution in [2.24, 2.45) is 0 Å². The first-order valence-electron chi connectivity index (χ1n) is 15.1. The van der Waals surface area contributed by atoms with Crippen LogP contribution in [0.4, 0.5) is 0 Å². The summed E-state index contributed by atoms with van der Waals surface area (Å²) in [7, 11) is 0. The number of fused-ring (bicyclic) bond motifs is 7. The summed E-state index contributed by atoms with van der Waals surface area (Å²) in [5.41, 5.74) is 10.4. The molecule has 3 aromatic heterocycles. The van der Waals surface area contributed by atoms with Crippen molar-refractivity contribution in [2.45, 2.75) is 12.8 Å². The summed E-state index contributed by atoms with van der Waals surface area (Å²) in [6.45, 7) is 0. The molecule has 0 unspecified atom stereocenters. The van der Waals surface area contributed by atoms with Gasteiger partial charge in [0.05, 0.1) is 23.1 Å². The largest absolute Gasteiger partial charge is 0.309 e. The fraction of sp³-hybridized carbons (Fsp3) is 0.0500. The molecule has 0 spiro atoms. The van der Waals surface area contributed by atoms with Crippen molar-refractivity contribution >= 4 is 48.5 Å². The lowest BCUT2D eigenvalue weighted by Gasteiger charge is -2.17. The average molecular weight is 582 g/mol. The summed E-state index contributed by atoms with van der Waals surface area (Å²) in [5.74, 6) is 0.733. The predicted octanol–water partition coefficient (Wildman–Crippen LogP) is 10.7. The molecule has 1 aliphatic carbocycles. The van der Waals surface area contributed by atoms with E-state index >= 15 is 0 Å². The fourth-order valence-corrected chi connectivity index (χ4v) is 8.01. The highest BCUT2D eigenvalue weighted by atomic mass is 32.1. The van der Waals surface area contributed by atoms with Gasteiger partial charge in [0, 0.05) is 47.9 Å². The quantitative estimate of drug-likeness (QED) is 0.207. The third kappa shape index (κ3) is 3.88. The lowest BCUT2D eigenvalue weighted by Crippen LogP contribution is -2.07. The van der Waals surface area contributed by atoms with Gasteiger partial charge in [-0.1, -0.05) is 127 Å². The van der Waals surface area contributed by atoms with Gasteiger partial charge in [0.1, 0.15) is 0 Å². The molecule has 0 N–H and O–H groups in total. The highest BCUT2D eigenvalue weighted by molar-refractivity contribution is 7.26. The van der Waals surface area contributed by atoms with Crippen molar-refractivity contribution in [1.29, 1.82) is 0 Å². The zero-order valence-corrected chi connectivity index (χ0v) is 24.8. The number of thiophene rings is 1. The second kappa shape index (κ2) is 10.1. The number of hydrogen-bond donors (Lipinski definition) is 0. The number of rotatable bonds is 4. The highest BCUT2D eigenvalue weighted by Gasteiger charge is 2.25. The Balaban J connectivity index is 1.40. The van der Waals surface area contributed by atoms with Crippen molar-refractivity contribution in [2.75, 3.05) is 0 Å². The monoisotopic (exact) mass is 581 g/mol. The fourth-order valence-electron chi connectivity index (χ4n) is 6.77. The molecule has 3 heterocycles. The van der Waals surface area contributed by atoms with Gasteiger partial charge in [-0.15, -0.1) is 11.3 Å². The van der Waals surface area contributed by atoms with Gasteiger partial charge in [0.25, 0.3) is 0 Å². The van der Waals surface area contributed by atoms with Gasteiger partial charge in [-0.25, -0.2) is 9.97 Å². The zero-order valence-electron chi connectivity index (χ0n) is 23.9. The van der Waals surface area contributed by atoms with E-state index in [1.54, 1.807) is 0 Å². The first-order chi connectivity index (χ1) is 21.8. The second-order valence-electron chi connectivity index (χ2n) is 11.3. The average Bonchev–Trinajstić information content (AvgIpc) is 3.65. The van der Waals surface area contributed by atoms with Gasteiger partial charge >= 0.3 is 0 Å². The Labute approximate surface area is 259 Å². The van der Waals surface area contributed by atoms with E-state index in [4.69, 9.17) is 9.97 Å². The summed E-state index contributed by atoms with van der Waals surface area (Å²) >= 11 is 1.89. The Morgan fingerprint density at radius 3 is 2.16 bits per heavy atom. The molecule has 0 amide bonds. The topological polar surface area (TPSA) is 30.7 Å². The first kappa shape index (κ1) is 25.2. The van der Waals surface area contributed by atoms with Gasteiger partial charge in [0.15, 0.2) is 5.82 Å². The third-order valence-electron chi connectivity index (χ3n) is 8.74. The Hall–Kier alpha value is -5.32. The molecule has 44 heavy (non-hydrogen) atoms. The Bertz CT molecular complexity index is 2370. The molecule has 1 aliphatic rings. The standard InChI is InChI=1S/C40H27N3S/c1-4-13-26(14-5-1)29-20-12-21-32-36-35(44-39(29)32)24-23-31-30-19-10-11-22-33(30)43(38(31)36)34-25-41-40(28-17-8-3-9-18-28)42-37(34)27-15-6-2-7-16-27/h1-10,12-21,23-25H,11,22H2. The maximum absolute atomic E-state index is 5.26. The summed E-state index contributed by atoms with van der Waals surface area (Å²) in [5, 5.41) is 3.87. The summed E-state index contributed by atoms with van der Waals surface area (Å²) in [6.07, 6.45) is 8.64. The van der Waals surface area contributed by atoms with Gasteiger partial charge in [-0.3, -0.25) is 0 Å². The minimum absolute atomic E-state index is 0.733. The van der Waals surface area contributed by atoms with Crippen LogP contribution in [0.1, 0.15) is 17.7 Å². The van der Waals surface area contributed by atoms with Crippen molar-refractivity contribution in [3.8, 4) is 39.5 Å². The van der Waals surface area contributed by atoms with E-state index < -0.39 is 0 Å². The van der Waals surface area contributed by atoms with E-state index in [0.717, 1.165) is 41.2 Å². The van der Waals surface area contributed by atoms with Crippen LogP contribution in [-0.2, 0) is 6.42 Å². The molecule has 0 saturated heterocycles. The normalized spacial score (nSPS) is 12.7. The van der Waals surface area contributed by atoms with Crippen LogP contribution >= 0.6 is 11.3 Å². The summed E-state index contributed by atoms with van der Waals surface area (Å²) < 4.78 is 5.09. The number of hydrogen-bond acceptors (Lipinski definition) is 3. The number of benzene rings is 5. The van der Waals surface area contributed by atoms with Crippen LogP contribution in [0.15, 0.2) is 134 Å². The molecule has 0 aliphatic heterocycles. The highest BCUT2D eigenvalue weighted by Crippen LogP contribution is 2.46. The summed E-state index contributed by atoms with van der Waals surface area (Å²) in [6, 6.07) is 42.9. The van der Waals surface area contributed by atoms with Gasteiger partial charge in [-0.2, -0.15) is 0 Å². The minimum Gasteiger partial charge on any atom is -0.309 e. The molecule has 4 heteroatoms. The molecular formula is C40H27N3S. The van der Waals surface area contributed by atoms with Crippen molar-refractivity contribution in [3.63, 3.8) is 0 Å². The van der Waals surface area contributed by atoms with E-state index in [2.05, 4.69) is 120 Å². The lowest BCUT2D eigenvalue weighted by molar-refractivity contribution is 0.883. The molecular weight excluding hydrogens is 555 g/mol. The van der Waals surface area contributed by atoms with Crippen LogP contribution in [0, 0.1) is 0 Å². The Morgan fingerprint density at radius 1 is 0.659 bits per heavy atom. The van der Waals surface area contributed by atoms with Crippen LogP contribution in [-0.4, -0.2) is 14.5 Å². The van der Waals surface area contributed by atoms with E-state index in [9.17, 15) is 0 Å². The van der Waals surface area contributed by atoms with E-state index in [0.29, 0.717) is 0 Å². The smallest absolute Gasteiger partial charge is 0.159 e. The van der Waals surface area contributed by atoms with E-state index in [1.165, 1.54) is 53.5 Å².